The third-order valence-electron chi connectivity index (χ3n) is 13.2. The number of carbonyl (C=O) groups is 3. The van der Waals surface area contributed by atoms with Gasteiger partial charge < -0.3 is 14.2 Å². The summed E-state index contributed by atoms with van der Waals surface area (Å²) in [6, 6.07) is 0. The van der Waals surface area contributed by atoms with Gasteiger partial charge in [0, 0.05) is 19.3 Å². The van der Waals surface area contributed by atoms with E-state index >= 15 is 0 Å². The Kier molecular flexibility index (Phi) is 62.9. The quantitative estimate of drug-likeness (QED) is 0.0261. The second-order valence-corrected chi connectivity index (χ2v) is 20.9. The van der Waals surface area contributed by atoms with Gasteiger partial charge in [-0.3, -0.25) is 14.4 Å². The lowest BCUT2D eigenvalue weighted by Crippen LogP contribution is -2.30. The zero-order chi connectivity index (χ0) is 58.5. The third kappa shape index (κ3) is 65.5. The van der Waals surface area contributed by atoms with Crippen molar-refractivity contribution in [2.75, 3.05) is 13.2 Å². The molecule has 0 saturated carbocycles. The zero-order valence-electron chi connectivity index (χ0n) is 52.0. The molecular formula is C75H118O6. The highest BCUT2D eigenvalue weighted by Crippen LogP contribution is 2.15. The molecule has 6 heteroatoms. The van der Waals surface area contributed by atoms with Crippen LogP contribution in [0.5, 0.6) is 0 Å². The van der Waals surface area contributed by atoms with Crippen LogP contribution < -0.4 is 0 Å². The average molecular weight is 1120 g/mol. The molecule has 0 bridgehead atoms. The molecule has 0 spiro atoms. The van der Waals surface area contributed by atoms with E-state index in [2.05, 4.69) is 191 Å². The number of unbranched alkanes of at least 4 members (excludes halogenated alkanes) is 18. The molecule has 1 atom stereocenters. The summed E-state index contributed by atoms with van der Waals surface area (Å²) in [7, 11) is 0. The SMILES string of the molecule is CC/C=C\C/C=C\C/C=C\C/C=C\C/C=C\C/C=C\C/C=C\C/C=C\C/C=C\C/C=C\CCCCC(=O)OCC(COC(=O)CCCCCCCCC)OC(=O)CCCCCCCCCCCC/C=C\C/C=C\C/C=C\C/C=C\CC. The number of rotatable bonds is 57. The predicted octanol–water partition coefficient (Wildman–Crippen LogP) is 22.7. The van der Waals surface area contributed by atoms with Gasteiger partial charge in [0.1, 0.15) is 13.2 Å². The van der Waals surface area contributed by atoms with Crippen molar-refractivity contribution >= 4 is 17.9 Å². The maximum Gasteiger partial charge on any atom is 0.306 e. The number of hydrogen-bond donors (Lipinski definition) is 0. The van der Waals surface area contributed by atoms with E-state index in [1.165, 1.54) is 77.0 Å². The molecule has 0 heterocycles. The first-order valence-corrected chi connectivity index (χ1v) is 32.6. The maximum absolute atomic E-state index is 12.9. The van der Waals surface area contributed by atoms with Crippen LogP contribution in [0.2, 0.25) is 0 Å². The zero-order valence-corrected chi connectivity index (χ0v) is 52.0. The summed E-state index contributed by atoms with van der Waals surface area (Å²) in [5.74, 6) is -0.961. The summed E-state index contributed by atoms with van der Waals surface area (Å²) in [5.41, 5.74) is 0. The van der Waals surface area contributed by atoms with Crippen LogP contribution in [0.1, 0.15) is 265 Å². The van der Waals surface area contributed by atoms with E-state index in [9.17, 15) is 14.4 Å². The number of carbonyl (C=O) groups excluding carboxylic acids is 3. The van der Waals surface area contributed by atoms with Gasteiger partial charge in [-0.15, -0.1) is 0 Å². The van der Waals surface area contributed by atoms with Gasteiger partial charge in [0.15, 0.2) is 6.10 Å². The Hall–Kier alpha value is -5.23. The molecule has 0 radical (unpaired) electrons. The molecule has 81 heavy (non-hydrogen) atoms. The molecule has 1 unspecified atom stereocenters. The Bertz CT molecular complexity index is 1860. The standard InChI is InChI=1S/C75H118O6/c1-4-7-10-13-16-18-20-22-24-26-28-30-32-33-34-35-36-37-38-39-40-41-43-44-46-48-50-52-54-56-59-62-65-68-74(77)80-71-72(70-79-73(76)67-64-61-58-15-12-9-6-3)81-75(78)69-66-63-60-57-55-53-51-49-47-45-42-31-29-27-25-23-21-19-17-14-11-8-5-2/h7-8,10-11,16-19,22-25,28-31,33-34,36-37,39-40,43-44,48,50,54,56,72H,4-6,9,12-15,20-21,26-27,32,35,38,41-42,45-47,49,51-53,55,57-71H2,1-3H3/b10-7-,11-8-,18-16-,19-17-,24-22-,25-23-,30-28-,31-29-,34-33-,37-36-,40-39-,44-43-,50-48-,56-54-. The lowest BCUT2D eigenvalue weighted by atomic mass is 10.0. The van der Waals surface area contributed by atoms with E-state index in [-0.39, 0.29) is 31.1 Å². The highest BCUT2D eigenvalue weighted by Gasteiger charge is 2.19. The van der Waals surface area contributed by atoms with Crippen molar-refractivity contribution in [1.29, 1.82) is 0 Å². The first-order valence-electron chi connectivity index (χ1n) is 32.6. The van der Waals surface area contributed by atoms with E-state index in [1.807, 2.05) is 0 Å². The minimum atomic E-state index is -0.804. The van der Waals surface area contributed by atoms with Crippen molar-refractivity contribution in [2.24, 2.45) is 0 Å². The van der Waals surface area contributed by atoms with Gasteiger partial charge in [0.25, 0.3) is 0 Å². The first-order chi connectivity index (χ1) is 40.0. The highest BCUT2D eigenvalue weighted by molar-refractivity contribution is 5.71. The van der Waals surface area contributed by atoms with Gasteiger partial charge in [-0.1, -0.05) is 281 Å². The second-order valence-electron chi connectivity index (χ2n) is 20.9. The van der Waals surface area contributed by atoms with Crippen molar-refractivity contribution in [1.82, 2.24) is 0 Å². The van der Waals surface area contributed by atoms with Crippen LogP contribution in [-0.2, 0) is 28.6 Å². The second kappa shape index (κ2) is 67.3. The Morgan fingerprint density at radius 1 is 0.259 bits per heavy atom. The average Bonchev–Trinajstić information content (AvgIpc) is 3.47. The van der Waals surface area contributed by atoms with Gasteiger partial charge in [-0.2, -0.15) is 0 Å². The molecule has 0 aromatic rings. The fourth-order valence-corrected chi connectivity index (χ4v) is 8.40. The molecule has 0 aliphatic heterocycles. The van der Waals surface area contributed by atoms with Crippen LogP contribution in [0.15, 0.2) is 170 Å². The minimum absolute atomic E-state index is 0.0992. The molecule has 0 aromatic heterocycles. The van der Waals surface area contributed by atoms with Gasteiger partial charge in [0.05, 0.1) is 0 Å². The fourth-order valence-electron chi connectivity index (χ4n) is 8.40. The molecule has 0 aliphatic rings. The van der Waals surface area contributed by atoms with Crippen LogP contribution in [0.25, 0.3) is 0 Å². The van der Waals surface area contributed by atoms with Crippen LogP contribution in [0, 0.1) is 0 Å². The van der Waals surface area contributed by atoms with Crippen molar-refractivity contribution in [2.45, 2.75) is 271 Å². The third-order valence-corrected chi connectivity index (χ3v) is 13.2. The van der Waals surface area contributed by atoms with E-state index in [0.717, 1.165) is 141 Å². The van der Waals surface area contributed by atoms with Crippen molar-refractivity contribution in [3.8, 4) is 0 Å². The maximum atomic E-state index is 12.9. The smallest absolute Gasteiger partial charge is 0.306 e. The molecular weight excluding hydrogens is 997 g/mol. The fraction of sp³-hybridized carbons (Fsp3) is 0.587. The summed E-state index contributed by atoms with van der Waals surface area (Å²) in [6.45, 7) is 6.32. The summed E-state index contributed by atoms with van der Waals surface area (Å²) < 4.78 is 16.8. The summed E-state index contributed by atoms with van der Waals surface area (Å²) in [4.78, 5) is 38.1. The van der Waals surface area contributed by atoms with Crippen molar-refractivity contribution < 1.29 is 28.6 Å². The molecule has 454 valence electrons. The molecule has 0 fully saturated rings. The van der Waals surface area contributed by atoms with Crippen molar-refractivity contribution in [3.05, 3.63) is 170 Å². The van der Waals surface area contributed by atoms with Gasteiger partial charge in [0.2, 0.25) is 0 Å². The number of allylic oxidation sites excluding steroid dienone is 28. The Labute approximate surface area is 498 Å². The first kappa shape index (κ1) is 75.8. The number of ether oxygens (including phenoxy) is 3. The molecule has 0 saturated heterocycles. The molecule has 6 nitrogen and oxygen atoms in total. The molecule has 0 amide bonds. The van der Waals surface area contributed by atoms with E-state index < -0.39 is 6.10 Å². The monoisotopic (exact) mass is 1110 g/mol. The number of hydrogen-bond acceptors (Lipinski definition) is 6. The normalized spacial score (nSPS) is 13.3. The van der Waals surface area contributed by atoms with E-state index in [4.69, 9.17) is 14.2 Å². The summed E-state index contributed by atoms with van der Waals surface area (Å²) >= 11 is 0. The van der Waals surface area contributed by atoms with E-state index in [1.54, 1.807) is 0 Å². The summed E-state index contributed by atoms with van der Waals surface area (Å²) in [6.07, 6.45) is 99.6. The largest absolute Gasteiger partial charge is 0.462 e. The predicted molar refractivity (Wildman–Crippen MR) is 352 cm³/mol. The molecule has 0 rings (SSSR count). The van der Waals surface area contributed by atoms with Crippen LogP contribution in [0.3, 0.4) is 0 Å². The van der Waals surface area contributed by atoms with Crippen molar-refractivity contribution in [3.63, 3.8) is 0 Å². The van der Waals surface area contributed by atoms with Crippen LogP contribution in [-0.4, -0.2) is 37.2 Å². The molecule has 0 aliphatic carbocycles. The topological polar surface area (TPSA) is 78.9 Å². The van der Waals surface area contributed by atoms with E-state index in [0.29, 0.717) is 25.7 Å². The molecule has 0 aromatic carbocycles. The Morgan fingerprint density at radius 2 is 0.481 bits per heavy atom. The van der Waals surface area contributed by atoms with Gasteiger partial charge in [-0.05, 0) is 135 Å². The molecule has 0 N–H and O–H groups in total. The highest BCUT2D eigenvalue weighted by atomic mass is 16.6. The lowest BCUT2D eigenvalue weighted by molar-refractivity contribution is -0.167. The Morgan fingerprint density at radius 3 is 0.778 bits per heavy atom. The Balaban J connectivity index is 4.27. The lowest BCUT2D eigenvalue weighted by Gasteiger charge is -2.18. The number of esters is 3. The summed E-state index contributed by atoms with van der Waals surface area (Å²) in [5, 5.41) is 0. The van der Waals surface area contributed by atoms with Crippen LogP contribution >= 0.6 is 0 Å². The van der Waals surface area contributed by atoms with Gasteiger partial charge in [-0.25, -0.2) is 0 Å². The van der Waals surface area contributed by atoms with Crippen LogP contribution in [0.4, 0.5) is 0 Å². The minimum Gasteiger partial charge on any atom is -0.462 e. The van der Waals surface area contributed by atoms with Gasteiger partial charge >= 0.3 is 17.9 Å².